The van der Waals surface area contributed by atoms with Crippen LogP contribution in [0, 0.1) is 13.8 Å². The molecule has 0 spiro atoms. The molecule has 8 heteroatoms. The van der Waals surface area contributed by atoms with Crippen molar-refractivity contribution in [2.24, 2.45) is 4.99 Å². The molecule has 0 aliphatic heterocycles. The molecule has 0 saturated heterocycles. The second-order valence-electron chi connectivity index (χ2n) is 8.90. The van der Waals surface area contributed by atoms with Crippen LogP contribution in [0.1, 0.15) is 45.5 Å². The van der Waals surface area contributed by atoms with Crippen molar-refractivity contribution in [3.63, 3.8) is 0 Å². The van der Waals surface area contributed by atoms with Crippen molar-refractivity contribution in [1.29, 1.82) is 0 Å². The molecule has 0 amide bonds. The molecule has 0 fully saturated rings. The highest BCUT2D eigenvalue weighted by molar-refractivity contribution is 7.89. The van der Waals surface area contributed by atoms with Gasteiger partial charge >= 0.3 is 5.97 Å². The average molecular weight is 531 g/mol. The number of furan rings is 1. The Kier molecular flexibility index (Phi) is 8.55. The summed E-state index contributed by atoms with van der Waals surface area (Å²) in [6, 6.07) is 24.8. The third-order valence-electron chi connectivity index (χ3n) is 5.87. The predicted molar refractivity (Wildman–Crippen MR) is 147 cm³/mol. The van der Waals surface area contributed by atoms with E-state index < -0.39 is 10.0 Å². The standard InChI is InChI=1S/C30H30N2O5S/c1-4-36-30(33)25-11-13-26(14-12-25)31-19-27-15-16-28(37-27)21-32(20-24-9-5-22(2)6-10-24)38(34,35)29-17-7-23(3)8-18-29/h5-19H,4,20-21H2,1-3H3. The number of ether oxygens (including phenoxy) is 1. The van der Waals surface area contributed by atoms with Crippen LogP contribution in [0.4, 0.5) is 5.69 Å². The lowest BCUT2D eigenvalue weighted by atomic mass is 10.1. The maximum absolute atomic E-state index is 13.6. The number of sulfonamides is 1. The van der Waals surface area contributed by atoms with E-state index in [0.717, 1.165) is 16.7 Å². The molecule has 0 atom stereocenters. The van der Waals surface area contributed by atoms with Gasteiger partial charge in [0.15, 0.2) is 0 Å². The summed E-state index contributed by atoms with van der Waals surface area (Å²) in [5.41, 5.74) is 4.06. The Bertz CT molecular complexity index is 1500. The molecule has 0 aliphatic rings. The van der Waals surface area contributed by atoms with Gasteiger partial charge in [-0.1, -0.05) is 47.5 Å². The first-order valence-electron chi connectivity index (χ1n) is 12.3. The Hall–Kier alpha value is -4.01. The van der Waals surface area contributed by atoms with Crippen LogP contribution < -0.4 is 0 Å². The number of esters is 1. The van der Waals surface area contributed by atoms with E-state index in [1.165, 1.54) is 4.31 Å². The van der Waals surface area contributed by atoms with Gasteiger partial charge in [0.1, 0.15) is 11.5 Å². The number of rotatable bonds is 10. The Morgan fingerprint density at radius 3 is 2.13 bits per heavy atom. The minimum atomic E-state index is -3.78. The molecule has 4 rings (SSSR count). The first kappa shape index (κ1) is 27.0. The number of carbonyl (C=O) groups excluding carboxylic acids is 1. The summed E-state index contributed by atoms with van der Waals surface area (Å²) in [4.78, 5) is 16.4. The van der Waals surface area contributed by atoms with Crippen LogP contribution in [0.15, 0.2) is 99.2 Å². The summed E-state index contributed by atoms with van der Waals surface area (Å²) < 4.78 is 39.5. The van der Waals surface area contributed by atoms with Gasteiger partial charge in [0, 0.05) is 6.54 Å². The number of hydrogen-bond acceptors (Lipinski definition) is 6. The van der Waals surface area contributed by atoms with E-state index in [4.69, 9.17) is 9.15 Å². The molecule has 0 aliphatic carbocycles. The average Bonchev–Trinajstić information content (AvgIpc) is 3.36. The van der Waals surface area contributed by atoms with Gasteiger partial charge in [-0.25, -0.2) is 13.2 Å². The smallest absolute Gasteiger partial charge is 0.338 e. The van der Waals surface area contributed by atoms with E-state index in [9.17, 15) is 13.2 Å². The van der Waals surface area contributed by atoms with E-state index in [2.05, 4.69) is 4.99 Å². The van der Waals surface area contributed by atoms with Crippen molar-refractivity contribution in [2.75, 3.05) is 6.61 Å². The van der Waals surface area contributed by atoms with E-state index in [-0.39, 0.29) is 24.0 Å². The highest BCUT2D eigenvalue weighted by Gasteiger charge is 2.26. The highest BCUT2D eigenvalue weighted by atomic mass is 32.2. The van der Waals surface area contributed by atoms with Gasteiger partial charge in [-0.2, -0.15) is 4.31 Å². The van der Waals surface area contributed by atoms with Gasteiger partial charge in [-0.05, 0) is 74.9 Å². The van der Waals surface area contributed by atoms with Gasteiger partial charge in [-0.15, -0.1) is 0 Å². The van der Waals surface area contributed by atoms with Gasteiger partial charge < -0.3 is 9.15 Å². The summed E-state index contributed by atoms with van der Waals surface area (Å²) in [6.07, 6.45) is 1.56. The molecule has 1 heterocycles. The lowest BCUT2D eigenvalue weighted by Crippen LogP contribution is -2.30. The van der Waals surface area contributed by atoms with E-state index in [1.54, 1.807) is 73.8 Å². The van der Waals surface area contributed by atoms with Crippen molar-refractivity contribution in [3.8, 4) is 0 Å². The quantitative estimate of drug-likeness (QED) is 0.180. The Morgan fingerprint density at radius 1 is 0.868 bits per heavy atom. The maximum Gasteiger partial charge on any atom is 0.338 e. The lowest BCUT2D eigenvalue weighted by molar-refractivity contribution is 0.0526. The van der Waals surface area contributed by atoms with Crippen molar-refractivity contribution in [3.05, 3.63) is 119 Å². The predicted octanol–water partition coefficient (Wildman–Crippen LogP) is 6.21. The van der Waals surface area contributed by atoms with Gasteiger partial charge in [0.2, 0.25) is 10.0 Å². The summed E-state index contributed by atoms with van der Waals surface area (Å²) in [7, 11) is -3.78. The van der Waals surface area contributed by atoms with Crippen molar-refractivity contribution in [1.82, 2.24) is 4.31 Å². The molecular weight excluding hydrogens is 500 g/mol. The number of nitrogens with zero attached hydrogens (tertiary/aromatic N) is 2. The molecule has 3 aromatic carbocycles. The number of benzene rings is 3. The van der Waals surface area contributed by atoms with E-state index in [1.807, 2.05) is 38.1 Å². The Labute approximate surface area is 223 Å². The first-order chi connectivity index (χ1) is 18.2. The van der Waals surface area contributed by atoms with E-state index >= 15 is 0 Å². The topological polar surface area (TPSA) is 89.2 Å². The summed E-state index contributed by atoms with van der Waals surface area (Å²) in [6.45, 7) is 6.24. The maximum atomic E-state index is 13.6. The van der Waals surface area contributed by atoms with Crippen LogP contribution in [-0.2, 0) is 27.8 Å². The second-order valence-corrected chi connectivity index (χ2v) is 10.8. The molecule has 0 bridgehead atoms. The minimum absolute atomic E-state index is 0.0617. The molecule has 196 valence electrons. The largest absolute Gasteiger partial charge is 0.462 e. The Morgan fingerprint density at radius 2 is 1.50 bits per heavy atom. The normalized spacial score (nSPS) is 11.8. The van der Waals surface area contributed by atoms with Crippen LogP contribution in [0.25, 0.3) is 0 Å². The molecular formula is C30H30N2O5S. The molecule has 0 unspecified atom stereocenters. The third-order valence-corrected chi connectivity index (χ3v) is 7.68. The van der Waals surface area contributed by atoms with Crippen LogP contribution in [-0.4, -0.2) is 31.5 Å². The van der Waals surface area contributed by atoms with E-state index in [0.29, 0.717) is 29.4 Å². The summed E-state index contributed by atoms with van der Waals surface area (Å²) in [5, 5.41) is 0. The summed E-state index contributed by atoms with van der Waals surface area (Å²) in [5.74, 6) is 0.596. The van der Waals surface area contributed by atoms with Crippen LogP contribution in [0.3, 0.4) is 0 Å². The molecule has 38 heavy (non-hydrogen) atoms. The van der Waals surface area contributed by atoms with Crippen molar-refractivity contribution >= 4 is 27.9 Å². The zero-order chi connectivity index (χ0) is 27.1. The minimum Gasteiger partial charge on any atom is -0.462 e. The number of carbonyl (C=O) groups is 1. The van der Waals surface area contributed by atoms with Crippen molar-refractivity contribution < 1.29 is 22.4 Å². The number of aliphatic imine (C=N–C) groups is 1. The van der Waals surface area contributed by atoms with Crippen LogP contribution in [0.2, 0.25) is 0 Å². The van der Waals surface area contributed by atoms with Crippen LogP contribution in [0.5, 0.6) is 0 Å². The molecule has 0 saturated carbocycles. The fourth-order valence-corrected chi connectivity index (χ4v) is 5.14. The number of aryl methyl sites for hydroxylation is 2. The first-order valence-corrected chi connectivity index (χ1v) is 13.7. The molecule has 7 nitrogen and oxygen atoms in total. The fraction of sp³-hybridized carbons (Fsp3) is 0.200. The molecule has 4 aromatic rings. The molecule has 1 aromatic heterocycles. The fourth-order valence-electron chi connectivity index (χ4n) is 3.74. The zero-order valence-electron chi connectivity index (χ0n) is 21.6. The third kappa shape index (κ3) is 6.85. The number of hydrogen-bond donors (Lipinski definition) is 0. The molecule has 0 radical (unpaired) electrons. The van der Waals surface area contributed by atoms with Gasteiger partial charge in [0.05, 0.1) is 35.5 Å². The van der Waals surface area contributed by atoms with Crippen molar-refractivity contribution in [2.45, 2.75) is 38.8 Å². The van der Waals surface area contributed by atoms with Gasteiger partial charge in [-0.3, -0.25) is 4.99 Å². The van der Waals surface area contributed by atoms with Crippen LogP contribution >= 0.6 is 0 Å². The second kappa shape index (κ2) is 12.0. The summed E-state index contributed by atoms with van der Waals surface area (Å²) >= 11 is 0. The molecule has 0 N–H and O–H groups in total. The SMILES string of the molecule is CCOC(=O)c1ccc(N=Cc2ccc(CN(Cc3ccc(C)cc3)S(=O)(=O)c3ccc(C)cc3)o2)cc1. The monoisotopic (exact) mass is 530 g/mol. The zero-order valence-corrected chi connectivity index (χ0v) is 22.4. The van der Waals surface area contributed by atoms with Gasteiger partial charge in [0.25, 0.3) is 0 Å². The lowest BCUT2D eigenvalue weighted by Gasteiger charge is -2.21. The Balaban J connectivity index is 1.53. The highest BCUT2D eigenvalue weighted by Crippen LogP contribution is 2.23.